The van der Waals surface area contributed by atoms with E-state index in [9.17, 15) is 0 Å². The van der Waals surface area contributed by atoms with Gasteiger partial charge in [-0.1, -0.05) is 30.3 Å². The zero-order valence-corrected chi connectivity index (χ0v) is 7.86. The van der Waals surface area contributed by atoms with Gasteiger partial charge in [0.2, 0.25) is 0 Å². The molecule has 0 fully saturated rings. The van der Waals surface area contributed by atoms with Gasteiger partial charge in [-0.3, -0.25) is 4.68 Å². The first-order valence-electron chi connectivity index (χ1n) is 4.33. The zero-order valence-electron chi connectivity index (χ0n) is 7.86. The van der Waals surface area contributed by atoms with E-state index in [1.54, 1.807) is 0 Å². The molecule has 0 bridgehead atoms. The summed E-state index contributed by atoms with van der Waals surface area (Å²) in [4.78, 5) is 0. The second-order valence-corrected chi connectivity index (χ2v) is 3.17. The normalized spacial score (nSPS) is 10.3. The van der Waals surface area contributed by atoms with Crippen LogP contribution in [-0.2, 0) is 7.05 Å². The average Bonchev–Trinajstić information content (AvgIpc) is 2.48. The maximum absolute atomic E-state index is 4.21. The van der Waals surface area contributed by atoms with Crippen LogP contribution >= 0.6 is 0 Å². The average molecular weight is 172 g/mol. The molecule has 0 spiro atoms. The highest BCUT2D eigenvalue weighted by atomic mass is 15.3. The number of aryl methyl sites for hydroxylation is 2. The first-order chi connectivity index (χ1) is 6.29. The van der Waals surface area contributed by atoms with E-state index in [1.165, 1.54) is 16.8 Å². The molecule has 1 aromatic carbocycles. The Balaban J connectivity index is 2.59. The lowest BCUT2D eigenvalue weighted by atomic mass is 10.1. The predicted molar refractivity (Wildman–Crippen MR) is 53.4 cm³/mol. The number of hydrogen-bond acceptors (Lipinski definition) is 1. The van der Waals surface area contributed by atoms with E-state index in [0.29, 0.717) is 0 Å². The molecule has 0 aliphatic rings. The minimum atomic E-state index is 1.20. The van der Waals surface area contributed by atoms with E-state index in [0.717, 1.165) is 0 Å². The molecular weight excluding hydrogens is 160 g/mol. The van der Waals surface area contributed by atoms with Gasteiger partial charge in [-0.2, -0.15) is 5.10 Å². The third-order valence-corrected chi connectivity index (χ3v) is 2.17. The molecule has 2 aromatic rings. The fourth-order valence-electron chi connectivity index (χ4n) is 1.56. The molecule has 0 saturated heterocycles. The van der Waals surface area contributed by atoms with Crippen LogP contribution in [0.5, 0.6) is 0 Å². The molecule has 2 heteroatoms. The summed E-state index contributed by atoms with van der Waals surface area (Å²) in [6, 6.07) is 10.3. The van der Waals surface area contributed by atoms with Crippen LogP contribution in [0.2, 0.25) is 0 Å². The van der Waals surface area contributed by atoms with E-state index in [4.69, 9.17) is 0 Å². The van der Waals surface area contributed by atoms with E-state index in [-0.39, 0.29) is 0 Å². The van der Waals surface area contributed by atoms with Crippen molar-refractivity contribution in [3.05, 3.63) is 42.1 Å². The van der Waals surface area contributed by atoms with Crippen LogP contribution in [0.4, 0.5) is 0 Å². The molecule has 0 amide bonds. The van der Waals surface area contributed by atoms with Gasteiger partial charge in [0.15, 0.2) is 0 Å². The molecule has 0 atom stereocenters. The molecule has 13 heavy (non-hydrogen) atoms. The van der Waals surface area contributed by atoms with Crippen molar-refractivity contribution >= 4 is 0 Å². The topological polar surface area (TPSA) is 17.8 Å². The highest BCUT2D eigenvalue weighted by Crippen LogP contribution is 2.21. The van der Waals surface area contributed by atoms with Gasteiger partial charge in [0.25, 0.3) is 0 Å². The Morgan fingerprint density at radius 3 is 2.38 bits per heavy atom. The lowest BCUT2D eigenvalue weighted by molar-refractivity contribution is 0.775. The van der Waals surface area contributed by atoms with Crippen molar-refractivity contribution in [1.29, 1.82) is 0 Å². The molecule has 0 N–H and O–H groups in total. The van der Waals surface area contributed by atoms with Crippen molar-refractivity contribution in [2.45, 2.75) is 6.92 Å². The SMILES string of the molecule is Cc1cnn(C)c1-c1ccccc1. The number of nitrogens with zero attached hydrogens (tertiary/aromatic N) is 2. The highest BCUT2D eigenvalue weighted by molar-refractivity contribution is 5.62. The molecule has 0 aliphatic carbocycles. The minimum absolute atomic E-state index is 1.20. The van der Waals surface area contributed by atoms with Crippen molar-refractivity contribution in [2.75, 3.05) is 0 Å². The van der Waals surface area contributed by atoms with Crippen molar-refractivity contribution in [2.24, 2.45) is 7.05 Å². The summed E-state index contributed by atoms with van der Waals surface area (Å²) < 4.78 is 1.91. The second kappa shape index (κ2) is 3.05. The van der Waals surface area contributed by atoms with Gasteiger partial charge < -0.3 is 0 Å². The van der Waals surface area contributed by atoms with Gasteiger partial charge in [-0.25, -0.2) is 0 Å². The minimum Gasteiger partial charge on any atom is -0.268 e. The third-order valence-electron chi connectivity index (χ3n) is 2.17. The molecule has 1 aromatic heterocycles. The summed E-state index contributed by atoms with van der Waals surface area (Å²) >= 11 is 0. The maximum atomic E-state index is 4.21. The molecule has 1 heterocycles. The van der Waals surface area contributed by atoms with E-state index >= 15 is 0 Å². The third kappa shape index (κ3) is 1.35. The summed E-state index contributed by atoms with van der Waals surface area (Å²) in [6.45, 7) is 2.08. The highest BCUT2D eigenvalue weighted by Gasteiger charge is 2.05. The maximum Gasteiger partial charge on any atom is 0.0708 e. The van der Waals surface area contributed by atoms with Gasteiger partial charge in [0.1, 0.15) is 0 Å². The van der Waals surface area contributed by atoms with Gasteiger partial charge in [-0.05, 0) is 12.5 Å². The number of rotatable bonds is 1. The Kier molecular flexibility index (Phi) is 1.89. The van der Waals surface area contributed by atoms with Crippen LogP contribution in [0.3, 0.4) is 0 Å². The molecule has 2 rings (SSSR count). The van der Waals surface area contributed by atoms with Gasteiger partial charge >= 0.3 is 0 Å². The largest absolute Gasteiger partial charge is 0.268 e. The van der Waals surface area contributed by atoms with Crippen LogP contribution in [-0.4, -0.2) is 9.78 Å². The predicted octanol–water partition coefficient (Wildman–Crippen LogP) is 2.40. The van der Waals surface area contributed by atoms with Crippen molar-refractivity contribution in [3.63, 3.8) is 0 Å². The van der Waals surface area contributed by atoms with Crippen molar-refractivity contribution < 1.29 is 0 Å². The standard InChI is InChI=1S/C11H12N2/c1-9-8-12-13(2)11(9)10-6-4-3-5-7-10/h3-8H,1-2H3. The molecule has 66 valence electrons. The van der Waals surface area contributed by atoms with Crippen molar-refractivity contribution in [1.82, 2.24) is 9.78 Å². The fraction of sp³-hybridized carbons (Fsp3) is 0.182. The second-order valence-electron chi connectivity index (χ2n) is 3.17. The molecular formula is C11H12N2. The van der Waals surface area contributed by atoms with E-state index < -0.39 is 0 Å². The first kappa shape index (κ1) is 8.05. The molecule has 0 unspecified atom stereocenters. The van der Waals surface area contributed by atoms with Crippen LogP contribution < -0.4 is 0 Å². The Morgan fingerprint density at radius 2 is 1.85 bits per heavy atom. The summed E-state index contributed by atoms with van der Waals surface area (Å²) in [7, 11) is 1.97. The Morgan fingerprint density at radius 1 is 1.15 bits per heavy atom. The van der Waals surface area contributed by atoms with E-state index in [1.807, 2.05) is 36.1 Å². The summed E-state index contributed by atoms with van der Waals surface area (Å²) in [5.41, 5.74) is 3.63. The Labute approximate surface area is 77.8 Å². The lowest BCUT2D eigenvalue weighted by Gasteiger charge is -2.02. The van der Waals surface area contributed by atoms with Gasteiger partial charge in [0.05, 0.1) is 11.9 Å². The summed E-state index contributed by atoms with van der Waals surface area (Å²) in [5, 5.41) is 4.21. The number of aromatic nitrogens is 2. The Bertz CT molecular complexity index is 382. The summed E-state index contributed by atoms with van der Waals surface area (Å²) in [5.74, 6) is 0. The van der Waals surface area contributed by atoms with Gasteiger partial charge in [-0.15, -0.1) is 0 Å². The lowest BCUT2D eigenvalue weighted by Crippen LogP contribution is -1.93. The Hall–Kier alpha value is -1.57. The zero-order chi connectivity index (χ0) is 9.26. The molecule has 0 radical (unpaired) electrons. The monoisotopic (exact) mass is 172 g/mol. The molecule has 0 aliphatic heterocycles. The quantitative estimate of drug-likeness (QED) is 0.645. The smallest absolute Gasteiger partial charge is 0.0708 e. The fourth-order valence-corrected chi connectivity index (χ4v) is 1.56. The first-order valence-corrected chi connectivity index (χ1v) is 4.33. The van der Waals surface area contributed by atoms with Gasteiger partial charge in [0, 0.05) is 12.6 Å². The number of hydrogen-bond donors (Lipinski definition) is 0. The van der Waals surface area contributed by atoms with Crippen molar-refractivity contribution in [3.8, 4) is 11.3 Å². The van der Waals surface area contributed by atoms with Crippen LogP contribution in [0.1, 0.15) is 5.56 Å². The summed E-state index contributed by atoms with van der Waals surface area (Å²) in [6.07, 6.45) is 1.89. The van der Waals surface area contributed by atoms with Crippen LogP contribution in [0.15, 0.2) is 36.5 Å². The van der Waals surface area contributed by atoms with Crippen LogP contribution in [0, 0.1) is 6.92 Å². The molecule has 0 saturated carbocycles. The molecule has 2 nitrogen and oxygen atoms in total. The van der Waals surface area contributed by atoms with E-state index in [2.05, 4.69) is 24.2 Å². The number of benzene rings is 1. The van der Waals surface area contributed by atoms with Crippen LogP contribution in [0.25, 0.3) is 11.3 Å².